The second-order valence-electron chi connectivity index (χ2n) is 13.6. The van der Waals surface area contributed by atoms with Gasteiger partial charge in [-0.15, -0.1) is 0 Å². The Bertz CT molecular complexity index is 1600. The number of nitrogens with two attached hydrogens (primary N) is 1. The van der Waals surface area contributed by atoms with Crippen molar-refractivity contribution in [1.82, 2.24) is 10.2 Å². The van der Waals surface area contributed by atoms with Crippen LogP contribution in [0.1, 0.15) is 44.2 Å². The molecule has 3 aromatic rings. The first-order chi connectivity index (χ1) is 22.0. The first-order valence-electron chi connectivity index (χ1n) is 16.3. The number of para-hydroxylation sites is 2. The van der Waals surface area contributed by atoms with E-state index in [1.165, 1.54) is 30.0 Å². The molecule has 5 N–H and O–H groups in total. The zero-order chi connectivity index (χ0) is 32.3. The highest BCUT2D eigenvalue weighted by atomic mass is 19.1. The number of rotatable bonds is 3. The minimum atomic E-state index is -1.46. The molecule has 4 unspecified atom stereocenters. The Morgan fingerprint density at radius 3 is 2.09 bits per heavy atom. The molecule has 242 valence electrons. The zero-order valence-electron chi connectivity index (χ0n) is 26.3. The second kappa shape index (κ2) is 11.5. The minimum Gasteiger partial charge on any atom is -0.380 e. The van der Waals surface area contributed by atoms with Crippen molar-refractivity contribution in [1.29, 1.82) is 0 Å². The summed E-state index contributed by atoms with van der Waals surface area (Å²) in [5.41, 5.74) is 8.98. The summed E-state index contributed by atoms with van der Waals surface area (Å²) >= 11 is 0. The molecule has 9 heteroatoms. The number of nitrogens with one attached hydrogen (secondary N) is 2. The fourth-order valence-electron chi connectivity index (χ4n) is 8.23. The van der Waals surface area contributed by atoms with Crippen molar-refractivity contribution in [2.45, 2.75) is 56.7 Å². The number of allylic oxidation sites excluding steroid dienone is 1. The summed E-state index contributed by atoms with van der Waals surface area (Å²) in [6.07, 6.45) is 6.22. The predicted molar refractivity (Wildman–Crippen MR) is 176 cm³/mol. The highest BCUT2D eigenvalue weighted by molar-refractivity contribution is 5.77. The molecule has 0 aromatic heterocycles. The van der Waals surface area contributed by atoms with Crippen molar-refractivity contribution in [2.24, 2.45) is 17.1 Å². The van der Waals surface area contributed by atoms with Gasteiger partial charge < -0.3 is 31.3 Å². The maximum absolute atomic E-state index is 15.3. The van der Waals surface area contributed by atoms with E-state index in [2.05, 4.69) is 45.6 Å². The van der Waals surface area contributed by atoms with Crippen LogP contribution in [0.15, 0.2) is 96.2 Å². The third-order valence-electron chi connectivity index (χ3n) is 10.5. The summed E-state index contributed by atoms with van der Waals surface area (Å²) in [5, 5.41) is 18.4. The van der Waals surface area contributed by atoms with E-state index in [9.17, 15) is 13.9 Å². The highest BCUT2D eigenvalue weighted by Gasteiger charge is 2.54. The van der Waals surface area contributed by atoms with Crippen molar-refractivity contribution >= 4 is 11.4 Å². The molecule has 6 nitrogen and oxygen atoms in total. The molecule has 0 saturated carbocycles. The van der Waals surface area contributed by atoms with Gasteiger partial charge in [-0.1, -0.05) is 42.5 Å². The van der Waals surface area contributed by atoms with Crippen molar-refractivity contribution < 1.29 is 18.3 Å². The van der Waals surface area contributed by atoms with Gasteiger partial charge >= 0.3 is 0 Å². The van der Waals surface area contributed by atoms with Crippen LogP contribution in [0.4, 0.5) is 24.5 Å². The van der Waals surface area contributed by atoms with E-state index in [4.69, 9.17) is 5.73 Å². The Morgan fingerprint density at radius 1 is 0.848 bits per heavy atom. The van der Waals surface area contributed by atoms with Gasteiger partial charge in [0.25, 0.3) is 0 Å². The molecular formula is C37H42F3N5O. The zero-order valence-corrected chi connectivity index (χ0v) is 26.3. The third kappa shape index (κ3) is 5.09. The number of piperidine rings is 1. The predicted octanol–water partition coefficient (Wildman–Crippen LogP) is 6.01. The van der Waals surface area contributed by atoms with Crippen LogP contribution in [0.3, 0.4) is 0 Å². The molecule has 0 amide bonds. The molecule has 0 radical (unpaired) electrons. The summed E-state index contributed by atoms with van der Waals surface area (Å²) < 4.78 is 41.7. The molecule has 5 aliphatic rings. The maximum Gasteiger partial charge on any atom is 0.178 e. The van der Waals surface area contributed by atoms with Crippen LogP contribution in [0.25, 0.3) is 0 Å². The Labute approximate surface area is 268 Å². The topological polar surface area (TPSA) is 76.8 Å². The molecule has 8 rings (SSSR count). The van der Waals surface area contributed by atoms with Crippen LogP contribution in [0, 0.1) is 23.0 Å². The van der Waals surface area contributed by atoms with Crippen LogP contribution in [0.2, 0.25) is 0 Å². The van der Waals surface area contributed by atoms with E-state index in [-0.39, 0.29) is 35.3 Å². The van der Waals surface area contributed by atoms with Crippen molar-refractivity contribution in [2.75, 3.05) is 36.4 Å². The number of hydrogen-bond acceptors (Lipinski definition) is 6. The number of fused-ring (bicyclic) bond motifs is 4. The molecule has 0 bridgehead atoms. The van der Waals surface area contributed by atoms with Gasteiger partial charge in [-0.2, -0.15) is 0 Å². The molecule has 4 heterocycles. The first-order valence-corrected chi connectivity index (χ1v) is 16.3. The molecule has 46 heavy (non-hydrogen) atoms. The molecule has 4 aliphatic heterocycles. The Morgan fingerprint density at radius 2 is 1.46 bits per heavy atom. The smallest absolute Gasteiger partial charge is 0.178 e. The van der Waals surface area contributed by atoms with Gasteiger partial charge in [0.2, 0.25) is 0 Å². The standard InChI is InChI=1S/C19H23FN4.C18H19F2NO/c1-18-8-9-19(2,20)15-12(21)7-10-23(16(15)18)17-22-13-5-3-4-6-14(13)24(17)11-18;19-16-5-1-13(2-6-16)18(22,15-9-11-21-12-10-15)14-3-7-17(20)8-4-14/h3-6,8-9,12,17,22H,7,10-11,21H2,1-2H3;1-8,15,21-22H,9-12H2. The lowest BCUT2D eigenvalue weighted by Gasteiger charge is -2.57. The van der Waals surface area contributed by atoms with Crippen LogP contribution in [0.5, 0.6) is 0 Å². The SMILES string of the molecule is CC1(F)C=CC2(C)CN3c4ccccc4NC3N3CCC(N)C1=C32.OC(c1ccc(F)cc1)(c1ccc(F)cc1)C1CCNCC1. The molecule has 0 spiro atoms. The minimum absolute atomic E-state index is 0.00433. The van der Waals surface area contributed by atoms with Crippen LogP contribution in [-0.4, -0.2) is 54.2 Å². The Hall–Kier alpha value is -3.79. The first kappa shape index (κ1) is 30.8. The molecule has 3 aromatic carbocycles. The number of aliphatic hydroxyl groups is 1. The largest absolute Gasteiger partial charge is 0.380 e. The van der Waals surface area contributed by atoms with E-state index in [0.29, 0.717) is 11.1 Å². The fourth-order valence-corrected chi connectivity index (χ4v) is 8.23. The quantitative estimate of drug-likeness (QED) is 0.266. The number of anilines is 2. The van der Waals surface area contributed by atoms with Crippen LogP contribution in [-0.2, 0) is 5.60 Å². The normalized spacial score (nSPS) is 28.5. The number of hydrogen-bond donors (Lipinski definition) is 4. The van der Waals surface area contributed by atoms with Crippen molar-refractivity contribution in [3.8, 4) is 0 Å². The van der Waals surface area contributed by atoms with E-state index in [0.717, 1.165) is 62.4 Å². The summed E-state index contributed by atoms with van der Waals surface area (Å²) in [4.78, 5) is 4.74. The molecular weight excluding hydrogens is 587 g/mol. The van der Waals surface area contributed by atoms with Gasteiger partial charge in [0.05, 0.1) is 11.4 Å². The Kier molecular flexibility index (Phi) is 7.69. The summed E-state index contributed by atoms with van der Waals surface area (Å²) in [6, 6.07) is 20.0. The summed E-state index contributed by atoms with van der Waals surface area (Å²) in [5.74, 6) is -0.671. The van der Waals surface area contributed by atoms with Gasteiger partial charge in [0, 0.05) is 35.8 Å². The van der Waals surface area contributed by atoms with Crippen molar-refractivity contribution in [3.63, 3.8) is 0 Å². The van der Waals surface area contributed by atoms with Gasteiger partial charge in [0.15, 0.2) is 12.0 Å². The van der Waals surface area contributed by atoms with Gasteiger partial charge in [-0.05, 0) is 106 Å². The number of nitrogens with zero attached hydrogens (tertiary/aromatic N) is 2. The highest BCUT2D eigenvalue weighted by Crippen LogP contribution is 2.53. The van der Waals surface area contributed by atoms with E-state index in [1.807, 2.05) is 12.1 Å². The van der Waals surface area contributed by atoms with E-state index in [1.54, 1.807) is 37.3 Å². The van der Waals surface area contributed by atoms with Gasteiger partial charge in [0.1, 0.15) is 17.2 Å². The van der Waals surface area contributed by atoms with Crippen molar-refractivity contribution in [3.05, 3.63) is 119 Å². The summed E-state index contributed by atoms with van der Waals surface area (Å²) in [6.45, 7) is 7.18. The second-order valence-corrected chi connectivity index (χ2v) is 13.6. The van der Waals surface area contributed by atoms with Crippen LogP contribution >= 0.6 is 0 Å². The number of benzene rings is 3. The molecule has 2 saturated heterocycles. The molecule has 4 atom stereocenters. The lowest BCUT2D eigenvalue weighted by Crippen LogP contribution is -2.64. The fraction of sp³-hybridized carbons (Fsp3) is 0.405. The summed E-state index contributed by atoms with van der Waals surface area (Å²) in [7, 11) is 0. The monoisotopic (exact) mass is 629 g/mol. The molecule has 1 aliphatic carbocycles. The van der Waals surface area contributed by atoms with Gasteiger partial charge in [-0.3, -0.25) is 0 Å². The van der Waals surface area contributed by atoms with Gasteiger partial charge in [-0.25, -0.2) is 13.2 Å². The van der Waals surface area contributed by atoms with E-state index >= 15 is 4.39 Å². The Balaban J connectivity index is 0.000000148. The lowest BCUT2D eigenvalue weighted by atomic mass is 9.69. The average Bonchev–Trinajstić information content (AvgIpc) is 3.42. The number of halogens is 3. The lowest BCUT2D eigenvalue weighted by molar-refractivity contribution is 0.00226. The van der Waals surface area contributed by atoms with Crippen LogP contribution < -0.4 is 21.3 Å². The average molecular weight is 630 g/mol. The number of alkyl halides is 1. The maximum atomic E-state index is 15.3. The molecule has 2 fully saturated rings. The third-order valence-corrected chi connectivity index (χ3v) is 10.5. The van der Waals surface area contributed by atoms with E-state index < -0.39 is 11.3 Å².